The van der Waals surface area contributed by atoms with Crippen molar-refractivity contribution < 1.29 is 66.6 Å². The van der Waals surface area contributed by atoms with Crippen molar-refractivity contribution in [1.29, 1.82) is 0 Å². The summed E-state index contributed by atoms with van der Waals surface area (Å²) in [5, 5.41) is 29.1. The molecule has 3 fully saturated rings. The van der Waals surface area contributed by atoms with Crippen molar-refractivity contribution in [2.24, 2.45) is 28.8 Å². The van der Waals surface area contributed by atoms with Gasteiger partial charge in [-0.15, -0.1) is 0 Å². The van der Waals surface area contributed by atoms with E-state index in [0.717, 1.165) is 6.42 Å². The Hall–Kier alpha value is -1.11. The minimum Gasteiger partial charge on any atom is -0.459 e. The fourth-order valence-electron chi connectivity index (χ4n) is 10.1. The molecule has 0 aliphatic carbocycles. The molecule has 17 unspecified atom stereocenters. The van der Waals surface area contributed by atoms with Crippen molar-refractivity contribution in [2.45, 2.75) is 238 Å². The number of cyclic esters (lactones) is 1. The van der Waals surface area contributed by atoms with Crippen LogP contribution in [0.2, 0.25) is 39.3 Å². The number of esters is 1. The maximum atomic E-state index is 14.8. The van der Waals surface area contributed by atoms with E-state index >= 15 is 0 Å². The zero-order chi connectivity index (χ0) is 50.7. The van der Waals surface area contributed by atoms with E-state index in [-0.39, 0.29) is 31.1 Å². The maximum Gasteiger partial charge on any atom is 0.311 e. The lowest BCUT2D eigenvalue weighted by Crippen LogP contribution is -2.63. The van der Waals surface area contributed by atoms with Crippen LogP contribution < -0.4 is 0 Å². The van der Waals surface area contributed by atoms with Gasteiger partial charge in [0, 0.05) is 65.4 Å². The number of rotatable bonds is 15. The van der Waals surface area contributed by atoms with Gasteiger partial charge in [0.1, 0.15) is 17.8 Å². The number of nitrogens with zero attached hydrogens (tertiary/aromatic N) is 2. The van der Waals surface area contributed by atoms with Crippen LogP contribution in [0.3, 0.4) is 0 Å². The molecule has 0 amide bonds. The summed E-state index contributed by atoms with van der Waals surface area (Å²) in [6, 6.07) is -0.0377. The van der Waals surface area contributed by atoms with Crippen molar-refractivity contribution in [3.05, 3.63) is 0 Å². The van der Waals surface area contributed by atoms with E-state index < -0.39 is 118 Å². The van der Waals surface area contributed by atoms with Crippen LogP contribution in [0.25, 0.3) is 0 Å². The van der Waals surface area contributed by atoms with Gasteiger partial charge in [0.15, 0.2) is 29.2 Å². The molecule has 0 aromatic rings. The number of oxime groups is 1. The van der Waals surface area contributed by atoms with E-state index in [1.165, 1.54) is 14.0 Å². The Labute approximate surface area is 400 Å². The fraction of sp³-hybridized carbons (Fsp3) is 0.958. The summed E-state index contributed by atoms with van der Waals surface area (Å²) < 4.78 is 66.4. The summed E-state index contributed by atoms with van der Waals surface area (Å²) in [6.45, 7) is 35.1. The standard InChI is InChI=1S/C48H94N2O14Si2/c1-24-35-48(12,53)40(51)30(4)37(49-64-45(8,9)54-15)28(2)26-46(10,55-16)41(61-44-39(62-65(18,19)20)34(50(13)14)25-29(3)57-44)31(5)38(32(6)43(52)59-35)60-36-27-47(11,56-17)42(33(7)58-36)63-66(21,22)23/h28-36,38-42,44,51,53H,24-27H2,1-23H3/b49-37-/t28?,29?,30?,31?,32?,33?,34?,35-,36?,38?,39?,40?,41?,42?,44?,46?,47?,48?/m1/s1. The molecule has 3 rings (SSSR count). The molecule has 3 aliphatic rings. The number of carbonyl (C=O) groups is 1. The Morgan fingerprint density at radius 1 is 0.818 bits per heavy atom. The van der Waals surface area contributed by atoms with Crippen LogP contribution in [-0.2, 0) is 56.4 Å². The second-order valence-electron chi connectivity index (χ2n) is 22.9. The van der Waals surface area contributed by atoms with E-state index in [0.29, 0.717) is 12.1 Å². The van der Waals surface area contributed by atoms with Crippen LogP contribution >= 0.6 is 0 Å². The number of aliphatic hydroxyl groups excluding tert-OH is 1. The molecule has 2 N–H and O–H groups in total. The summed E-state index contributed by atoms with van der Waals surface area (Å²) in [5.74, 6) is -4.58. The van der Waals surface area contributed by atoms with Gasteiger partial charge in [-0.1, -0.05) is 32.9 Å². The highest BCUT2D eigenvalue weighted by atomic mass is 28.4. The topological polar surface area (TPSA) is 175 Å². The van der Waals surface area contributed by atoms with Gasteiger partial charge in [-0.25, -0.2) is 0 Å². The van der Waals surface area contributed by atoms with Crippen LogP contribution in [-0.4, -0.2) is 169 Å². The molecule has 18 atom stereocenters. The van der Waals surface area contributed by atoms with E-state index in [1.54, 1.807) is 48.8 Å². The number of likely N-dealkylation sites (N-methyl/N-ethyl adjacent to an activating group) is 1. The predicted molar refractivity (Wildman–Crippen MR) is 260 cm³/mol. The van der Waals surface area contributed by atoms with Crippen molar-refractivity contribution in [3.63, 3.8) is 0 Å². The zero-order valence-corrected chi connectivity index (χ0v) is 47.2. The molecule has 3 saturated heterocycles. The van der Waals surface area contributed by atoms with Gasteiger partial charge < -0.3 is 66.7 Å². The Balaban J connectivity index is 2.39. The Bertz CT molecular complexity index is 1580. The summed E-state index contributed by atoms with van der Waals surface area (Å²) in [7, 11) is 4.68. The van der Waals surface area contributed by atoms with E-state index in [1.807, 2.05) is 55.6 Å². The van der Waals surface area contributed by atoms with E-state index in [4.69, 9.17) is 51.6 Å². The molecule has 18 heteroatoms. The van der Waals surface area contributed by atoms with Gasteiger partial charge in [0.2, 0.25) is 5.79 Å². The second-order valence-corrected chi connectivity index (χ2v) is 31.8. The first-order valence-electron chi connectivity index (χ1n) is 24.3. The summed E-state index contributed by atoms with van der Waals surface area (Å²) in [5.41, 5.74) is -3.44. The van der Waals surface area contributed by atoms with Crippen LogP contribution in [0, 0.1) is 23.7 Å². The summed E-state index contributed by atoms with van der Waals surface area (Å²) in [6.07, 6.45) is -5.99. The molecule has 3 heterocycles. The maximum absolute atomic E-state index is 14.8. The smallest absolute Gasteiger partial charge is 0.311 e. The van der Waals surface area contributed by atoms with Crippen LogP contribution in [0.15, 0.2) is 5.16 Å². The van der Waals surface area contributed by atoms with Gasteiger partial charge in [-0.2, -0.15) is 0 Å². The third kappa shape index (κ3) is 14.7. The molecule has 0 spiro atoms. The molecule has 0 bridgehead atoms. The minimum atomic E-state index is -2.19. The van der Waals surface area contributed by atoms with E-state index in [2.05, 4.69) is 49.3 Å². The summed E-state index contributed by atoms with van der Waals surface area (Å²) >= 11 is 0. The molecule has 16 nitrogen and oxygen atoms in total. The largest absolute Gasteiger partial charge is 0.459 e. The Kier molecular flexibility index (Phi) is 20.6. The fourth-order valence-corrected chi connectivity index (χ4v) is 12.4. The van der Waals surface area contributed by atoms with Gasteiger partial charge in [-0.05, 0) is 114 Å². The molecule has 0 saturated carbocycles. The zero-order valence-electron chi connectivity index (χ0n) is 45.2. The highest BCUT2D eigenvalue weighted by Gasteiger charge is 2.55. The quantitative estimate of drug-likeness (QED) is 0.0721. The van der Waals surface area contributed by atoms with Gasteiger partial charge >= 0.3 is 5.97 Å². The molecule has 66 heavy (non-hydrogen) atoms. The van der Waals surface area contributed by atoms with Crippen molar-refractivity contribution >= 4 is 28.3 Å². The first kappa shape index (κ1) is 59.2. The third-order valence-corrected chi connectivity index (χ3v) is 16.0. The predicted octanol–water partition coefficient (Wildman–Crippen LogP) is 7.34. The normalized spacial score (nSPS) is 42.5. The number of methoxy groups -OCH3 is 3. The summed E-state index contributed by atoms with van der Waals surface area (Å²) in [4.78, 5) is 23.0. The highest BCUT2D eigenvalue weighted by Crippen LogP contribution is 2.43. The molecule has 3 aliphatic heterocycles. The molecule has 0 aromatic heterocycles. The minimum absolute atomic E-state index is 0.0377. The lowest BCUT2D eigenvalue weighted by atomic mass is 9.73. The Morgan fingerprint density at radius 2 is 1.38 bits per heavy atom. The average molecular weight is 979 g/mol. The molecular weight excluding hydrogens is 885 g/mol. The van der Waals surface area contributed by atoms with Crippen LogP contribution in [0.4, 0.5) is 0 Å². The highest BCUT2D eigenvalue weighted by molar-refractivity contribution is 6.70. The van der Waals surface area contributed by atoms with Crippen LogP contribution in [0.1, 0.15) is 109 Å². The number of carbonyl (C=O) groups excluding carboxylic acids is 1. The van der Waals surface area contributed by atoms with Gasteiger partial charge in [-0.3, -0.25) is 4.79 Å². The Morgan fingerprint density at radius 3 is 1.88 bits per heavy atom. The molecule has 0 radical (unpaired) electrons. The average Bonchev–Trinajstić information content (AvgIpc) is 3.20. The van der Waals surface area contributed by atoms with Crippen molar-refractivity contribution in [3.8, 4) is 0 Å². The number of hydrogen-bond donors (Lipinski definition) is 2. The lowest BCUT2D eigenvalue weighted by molar-refractivity contribution is -0.316. The van der Waals surface area contributed by atoms with Crippen LogP contribution in [0.5, 0.6) is 0 Å². The number of ether oxygens (including phenoxy) is 8. The first-order valence-corrected chi connectivity index (χ1v) is 31.1. The number of hydrogen-bond acceptors (Lipinski definition) is 16. The van der Waals surface area contributed by atoms with Crippen molar-refractivity contribution in [2.75, 3.05) is 35.4 Å². The second kappa shape index (κ2) is 23.0. The lowest BCUT2D eigenvalue weighted by Gasteiger charge is -2.51. The van der Waals surface area contributed by atoms with Gasteiger partial charge in [0.05, 0.1) is 59.5 Å². The molecular formula is C48H94N2O14Si2. The molecule has 0 aromatic carbocycles. The SMILES string of the molecule is CC[C@H]1OC(=O)C(C)C(OC2CC(C)(OC)C(O[Si](C)(C)C)C(C)O2)C(C)C(OC2OC(C)CC(N(C)C)C2O[Si](C)(C)C)C(C)(OC)CC(C)/C(=N/OC(C)(C)OC)C(C)C(O)C1(C)O. The monoisotopic (exact) mass is 979 g/mol. The third-order valence-electron chi connectivity index (χ3n) is 14.1. The van der Waals surface area contributed by atoms with E-state index in [9.17, 15) is 15.0 Å². The van der Waals surface area contributed by atoms with Crippen molar-refractivity contribution in [1.82, 2.24) is 4.90 Å². The van der Waals surface area contributed by atoms with Gasteiger partial charge in [0.25, 0.3) is 0 Å². The molecule has 388 valence electrons. The first-order chi connectivity index (χ1) is 30.1. The number of aliphatic hydroxyl groups is 2.